The lowest BCUT2D eigenvalue weighted by atomic mass is 10.2. The van der Waals surface area contributed by atoms with Crippen LogP contribution < -0.4 is 10.5 Å². The number of methoxy groups -OCH3 is 1. The molecule has 1 aromatic heterocycles. The van der Waals surface area contributed by atoms with Gasteiger partial charge in [0, 0.05) is 16.3 Å². The smallest absolute Gasteiger partial charge is 0.129 e. The van der Waals surface area contributed by atoms with E-state index in [1.54, 1.807) is 18.4 Å². The largest absolute Gasteiger partial charge is 0.496 e. The summed E-state index contributed by atoms with van der Waals surface area (Å²) >= 11 is 1.66. The molecule has 0 radical (unpaired) electrons. The van der Waals surface area contributed by atoms with Crippen molar-refractivity contribution in [3.63, 3.8) is 0 Å². The first-order valence-electron chi connectivity index (χ1n) is 3.66. The molecule has 2 N–H and O–H groups in total. The third kappa shape index (κ3) is 1.94. The first-order valence-corrected chi connectivity index (χ1v) is 4.54. The topological polar surface area (TPSA) is 35.2 Å². The van der Waals surface area contributed by atoms with Gasteiger partial charge in [0.25, 0.3) is 0 Å². The second kappa shape index (κ2) is 3.74. The zero-order chi connectivity index (χ0) is 8.27. The molecular weight excluding hydrogens is 158 g/mol. The van der Waals surface area contributed by atoms with Crippen molar-refractivity contribution in [3.8, 4) is 5.75 Å². The van der Waals surface area contributed by atoms with E-state index in [4.69, 9.17) is 10.5 Å². The van der Waals surface area contributed by atoms with E-state index in [9.17, 15) is 0 Å². The first kappa shape index (κ1) is 8.56. The molecule has 0 aromatic carbocycles. The Labute approximate surface area is 71.0 Å². The maximum absolute atomic E-state index is 5.82. The molecule has 0 amide bonds. The summed E-state index contributed by atoms with van der Waals surface area (Å²) < 4.78 is 5.04. The first-order chi connectivity index (χ1) is 5.27. The minimum absolute atomic E-state index is 0.170. The Kier molecular flexibility index (Phi) is 2.91. The standard InChI is InChI=1S/C8H13NOS/c1-3-7(9)8-4-6(10-2)5-11-8/h4-5,7H,3,9H2,1-2H3/t7-/m0/s1. The number of ether oxygens (including phenoxy) is 1. The van der Waals surface area contributed by atoms with Crippen LogP contribution >= 0.6 is 11.3 Å². The van der Waals surface area contributed by atoms with Crippen molar-refractivity contribution in [3.05, 3.63) is 16.3 Å². The lowest BCUT2D eigenvalue weighted by molar-refractivity contribution is 0.416. The van der Waals surface area contributed by atoms with Crippen LogP contribution in [-0.2, 0) is 0 Å². The van der Waals surface area contributed by atoms with Crippen LogP contribution in [-0.4, -0.2) is 7.11 Å². The summed E-state index contributed by atoms with van der Waals surface area (Å²) in [6, 6.07) is 2.17. The van der Waals surface area contributed by atoms with Gasteiger partial charge >= 0.3 is 0 Å². The van der Waals surface area contributed by atoms with E-state index in [1.807, 2.05) is 11.4 Å². The van der Waals surface area contributed by atoms with Gasteiger partial charge in [-0.25, -0.2) is 0 Å². The van der Waals surface area contributed by atoms with Gasteiger partial charge in [-0.3, -0.25) is 0 Å². The van der Waals surface area contributed by atoms with E-state index in [2.05, 4.69) is 6.92 Å². The van der Waals surface area contributed by atoms with Gasteiger partial charge in [0.2, 0.25) is 0 Å². The highest BCUT2D eigenvalue weighted by atomic mass is 32.1. The summed E-state index contributed by atoms with van der Waals surface area (Å²) in [7, 11) is 1.67. The average Bonchev–Trinajstić information content (AvgIpc) is 2.50. The average molecular weight is 171 g/mol. The summed E-state index contributed by atoms with van der Waals surface area (Å²) in [6.07, 6.45) is 0.976. The number of hydrogen-bond donors (Lipinski definition) is 1. The molecule has 1 atom stereocenters. The zero-order valence-corrected chi connectivity index (χ0v) is 7.65. The number of hydrogen-bond acceptors (Lipinski definition) is 3. The minimum Gasteiger partial charge on any atom is -0.496 e. The lowest BCUT2D eigenvalue weighted by Gasteiger charge is -2.03. The Hall–Kier alpha value is -0.540. The van der Waals surface area contributed by atoms with E-state index in [1.165, 1.54) is 4.88 Å². The molecular formula is C8H13NOS. The second-order valence-electron chi connectivity index (χ2n) is 2.40. The van der Waals surface area contributed by atoms with Crippen molar-refractivity contribution in [2.24, 2.45) is 5.73 Å². The fraction of sp³-hybridized carbons (Fsp3) is 0.500. The van der Waals surface area contributed by atoms with E-state index in [0.717, 1.165) is 12.2 Å². The highest BCUT2D eigenvalue weighted by Gasteiger charge is 2.05. The van der Waals surface area contributed by atoms with Gasteiger partial charge in [-0.1, -0.05) is 6.92 Å². The van der Waals surface area contributed by atoms with Crippen molar-refractivity contribution in [2.45, 2.75) is 19.4 Å². The predicted octanol–water partition coefficient (Wildman–Crippen LogP) is 2.17. The van der Waals surface area contributed by atoms with Crippen LogP contribution in [0.3, 0.4) is 0 Å². The molecule has 0 aliphatic heterocycles. The summed E-state index contributed by atoms with van der Waals surface area (Å²) in [4.78, 5) is 1.20. The SMILES string of the molecule is CC[C@H](N)c1cc(OC)cs1. The molecule has 1 heterocycles. The minimum atomic E-state index is 0.170. The van der Waals surface area contributed by atoms with E-state index >= 15 is 0 Å². The molecule has 0 unspecified atom stereocenters. The van der Waals surface area contributed by atoms with Gasteiger partial charge in [0.1, 0.15) is 5.75 Å². The molecule has 2 nitrogen and oxygen atoms in total. The summed E-state index contributed by atoms with van der Waals surface area (Å²) in [5, 5.41) is 1.98. The van der Waals surface area contributed by atoms with Gasteiger partial charge in [-0.05, 0) is 12.5 Å². The molecule has 0 saturated carbocycles. The maximum Gasteiger partial charge on any atom is 0.129 e. The van der Waals surface area contributed by atoms with Gasteiger partial charge in [-0.15, -0.1) is 11.3 Å². The van der Waals surface area contributed by atoms with Crippen LogP contribution in [0.25, 0.3) is 0 Å². The highest BCUT2D eigenvalue weighted by Crippen LogP contribution is 2.26. The highest BCUT2D eigenvalue weighted by molar-refractivity contribution is 7.10. The monoisotopic (exact) mass is 171 g/mol. The van der Waals surface area contributed by atoms with Gasteiger partial charge < -0.3 is 10.5 Å². The number of nitrogens with two attached hydrogens (primary N) is 1. The third-order valence-corrected chi connectivity index (χ3v) is 2.68. The van der Waals surface area contributed by atoms with Crippen LogP contribution in [0.2, 0.25) is 0 Å². The predicted molar refractivity (Wildman–Crippen MR) is 48.1 cm³/mol. The molecule has 1 rings (SSSR count). The molecule has 11 heavy (non-hydrogen) atoms. The third-order valence-electron chi connectivity index (χ3n) is 1.64. The number of rotatable bonds is 3. The summed E-state index contributed by atoms with van der Waals surface area (Å²) in [6.45, 7) is 2.08. The van der Waals surface area contributed by atoms with Crippen molar-refractivity contribution < 1.29 is 4.74 Å². The second-order valence-corrected chi connectivity index (χ2v) is 3.35. The number of thiophene rings is 1. The van der Waals surface area contributed by atoms with Crippen LogP contribution in [0.15, 0.2) is 11.4 Å². The Morgan fingerprint density at radius 1 is 1.73 bits per heavy atom. The molecule has 0 spiro atoms. The fourth-order valence-corrected chi connectivity index (χ4v) is 1.78. The van der Waals surface area contributed by atoms with Gasteiger partial charge in [-0.2, -0.15) is 0 Å². The molecule has 1 aromatic rings. The lowest BCUT2D eigenvalue weighted by Crippen LogP contribution is -2.05. The zero-order valence-electron chi connectivity index (χ0n) is 6.83. The van der Waals surface area contributed by atoms with E-state index in [-0.39, 0.29) is 6.04 Å². The molecule has 0 saturated heterocycles. The van der Waals surface area contributed by atoms with Crippen molar-refractivity contribution >= 4 is 11.3 Å². The normalized spacial score (nSPS) is 13.0. The Bertz CT molecular complexity index is 222. The Morgan fingerprint density at radius 3 is 2.91 bits per heavy atom. The van der Waals surface area contributed by atoms with Crippen molar-refractivity contribution in [2.75, 3.05) is 7.11 Å². The molecule has 0 aliphatic carbocycles. The Balaban J connectivity index is 2.71. The molecule has 0 aliphatic rings. The quantitative estimate of drug-likeness (QED) is 0.756. The van der Waals surface area contributed by atoms with Crippen LogP contribution in [0, 0.1) is 0 Å². The maximum atomic E-state index is 5.82. The molecule has 62 valence electrons. The van der Waals surface area contributed by atoms with Crippen molar-refractivity contribution in [1.29, 1.82) is 0 Å². The van der Waals surface area contributed by atoms with Crippen molar-refractivity contribution in [1.82, 2.24) is 0 Å². The summed E-state index contributed by atoms with van der Waals surface area (Å²) in [5.41, 5.74) is 5.82. The molecule has 3 heteroatoms. The van der Waals surface area contributed by atoms with Crippen LogP contribution in [0.4, 0.5) is 0 Å². The van der Waals surface area contributed by atoms with Gasteiger partial charge in [0.05, 0.1) is 7.11 Å². The van der Waals surface area contributed by atoms with Crippen LogP contribution in [0.1, 0.15) is 24.3 Å². The fourth-order valence-electron chi connectivity index (χ4n) is 0.837. The Morgan fingerprint density at radius 2 is 2.45 bits per heavy atom. The molecule has 0 bridgehead atoms. The van der Waals surface area contributed by atoms with E-state index < -0.39 is 0 Å². The molecule has 0 fully saturated rings. The van der Waals surface area contributed by atoms with Gasteiger partial charge in [0.15, 0.2) is 0 Å². The van der Waals surface area contributed by atoms with E-state index in [0.29, 0.717) is 0 Å². The summed E-state index contributed by atoms with van der Waals surface area (Å²) in [5.74, 6) is 0.911. The van der Waals surface area contributed by atoms with Crippen LogP contribution in [0.5, 0.6) is 5.75 Å².